The lowest BCUT2D eigenvalue weighted by Gasteiger charge is -2.50. The van der Waals surface area contributed by atoms with Crippen LogP contribution in [0.3, 0.4) is 0 Å². The molecule has 0 radical (unpaired) electrons. The maximum Gasteiger partial charge on any atom is 0.0281 e. The zero-order valence-corrected chi connectivity index (χ0v) is 13.6. The number of rotatable bonds is 1. The van der Waals surface area contributed by atoms with Gasteiger partial charge in [-0.1, -0.05) is 25.5 Å². The first-order valence-electron chi connectivity index (χ1n) is 9.47. The maximum atomic E-state index is 3.94. The Morgan fingerprint density at radius 3 is 2.90 bits per heavy atom. The summed E-state index contributed by atoms with van der Waals surface area (Å²) in [6.07, 6.45) is 14.9. The Morgan fingerprint density at radius 1 is 1.05 bits per heavy atom. The van der Waals surface area contributed by atoms with E-state index in [1.807, 2.05) is 0 Å². The Morgan fingerprint density at radius 2 is 1.95 bits per heavy atom. The van der Waals surface area contributed by atoms with Crippen LogP contribution in [0.4, 0.5) is 0 Å². The minimum atomic E-state index is 0.763. The van der Waals surface area contributed by atoms with Crippen LogP contribution in [0, 0.1) is 23.7 Å². The average molecular weight is 288 g/mol. The van der Waals surface area contributed by atoms with Crippen molar-refractivity contribution in [1.29, 1.82) is 0 Å². The Kier molecular flexibility index (Phi) is 4.10. The molecule has 0 aromatic carbocycles. The lowest BCUT2D eigenvalue weighted by molar-refractivity contribution is 0.0306. The molecule has 4 rings (SSSR count). The van der Waals surface area contributed by atoms with Gasteiger partial charge in [-0.25, -0.2) is 0 Å². The lowest BCUT2D eigenvalue weighted by Crippen LogP contribution is -2.55. The van der Waals surface area contributed by atoms with E-state index >= 15 is 0 Å². The molecule has 4 aliphatic rings. The molecule has 0 aromatic rings. The van der Waals surface area contributed by atoms with Gasteiger partial charge in [0.2, 0.25) is 0 Å². The van der Waals surface area contributed by atoms with E-state index in [-0.39, 0.29) is 0 Å². The number of fused-ring (bicyclic) bond motifs is 2. The van der Waals surface area contributed by atoms with Crippen molar-refractivity contribution in [2.75, 3.05) is 19.6 Å². The van der Waals surface area contributed by atoms with Crippen LogP contribution in [0.5, 0.6) is 0 Å². The van der Waals surface area contributed by atoms with Crippen LogP contribution in [0.25, 0.3) is 0 Å². The smallest absolute Gasteiger partial charge is 0.0281 e. The number of piperidine rings is 2. The molecule has 2 heteroatoms. The van der Waals surface area contributed by atoms with E-state index in [2.05, 4.69) is 29.3 Å². The monoisotopic (exact) mass is 288 g/mol. The van der Waals surface area contributed by atoms with Gasteiger partial charge in [-0.2, -0.15) is 0 Å². The highest BCUT2D eigenvalue weighted by atomic mass is 15.2. The quantitative estimate of drug-likeness (QED) is 0.744. The molecule has 3 fully saturated rings. The fourth-order valence-corrected chi connectivity index (χ4v) is 5.86. The highest BCUT2D eigenvalue weighted by Crippen LogP contribution is 2.44. The van der Waals surface area contributed by atoms with Gasteiger partial charge < -0.3 is 5.32 Å². The largest absolute Gasteiger partial charge is 0.313 e. The molecule has 2 saturated heterocycles. The highest BCUT2D eigenvalue weighted by Gasteiger charge is 2.43. The van der Waals surface area contributed by atoms with Crippen molar-refractivity contribution >= 4 is 0 Å². The summed E-state index contributed by atoms with van der Waals surface area (Å²) in [5.74, 6) is 3.86. The van der Waals surface area contributed by atoms with Crippen molar-refractivity contribution < 1.29 is 0 Å². The molecule has 21 heavy (non-hydrogen) atoms. The predicted octanol–water partition coefficient (Wildman–Crippen LogP) is 3.44. The Labute approximate surface area is 130 Å². The van der Waals surface area contributed by atoms with Crippen LogP contribution >= 0.6 is 0 Å². The molecule has 6 unspecified atom stereocenters. The molecule has 0 aromatic heterocycles. The second-order valence-corrected chi connectivity index (χ2v) is 8.11. The van der Waals surface area contributed by atoms with E-state index in [1.165, 1.54) is 64.6 Å². The Hall–Kier alpha value is -0.340. The fraction of sp³-hybridized carbons (Fsp3) is 0.895. The zero-order valence-electron chi connectivity index (χ0n) is 13.6. The van der Waals surface area contributed by atoms with Gasteiger partial charge in [0.15, 0.2) is 0 Å². The first-order chi connectivity index (χ1) is 10.3. The number of nitrogens with one attached hydrogen (secondary N) is 1. The number of hydrogen-bond donors (Lipinski definition) is 1. The molecule has 0 bridgehead atoms. The van der Waals surface area contributed by atoms with Crippen LogP contribution in [0.2, 0.25) is 0 Å². The third-order valence-corrected chi connectivity index (χ3v) is 7.06. The van der Waals surface area contributed by atoms with Crippen LogP contribution < -0.4 is 5.32 Å². The van der Waals surface area contributed by atoms with Crippen LogP contribution in [0.15, 0.2) is 12.2 Å². The Bertz CT molecular complexity index is 391. The summed E-state index contributed by atoms with van der Waals surface area (Å²) in [7, 11) is 0. The third-order valence-electron chi connectivity index (χ3n) is 7.06. The van der Waals surface area contributed by atoms with Crippen LogP contribution in [-0.2, 0) is 0 Å². The number of nitrogens with zero attached hydrogens (tertiary/aromatic N) is 1. The van der Waals surface area contributed by atoms with Gasteiger partial charge in [-0.15, -0.1) is 0 Å². The van der Waals surface area contributed by atoms with E-state index in [0.29, 0.717) is 0 Å². The molecule has 1 aliphatic carbocycles. The molecule has 3 aliphatic heterocycles. The van der Waals surface area contributed by atoms with Gasteiger partial charge in [-0.3, -0.25) is 4.90 Å². The molecular weight excluding hydrogens is 256 g/mol. The second-order valence-electron chi connectivity index (χ2n) is 8.11. The minimum Gasteiger partial charge on any atom is -0.313 e. The molecule has 6 atom stereocenters. The van der Waals surface area contributed by atoms with Gasteiger partial charge >= 0.3 is 0 Å². The molecule has 118 valence electrons. The van der Waals surface area contributed by atoms with Gasteiger partial charge in [0.1, 0.15) is 0 Å². The molecular formula is C19H32N2. The molecule has 2 nitrogen and oxygen atoms in total. The standard InChI is InChI=1S/C19H32N2/c1-14-8-10-20-19-17(14)6-4-7-18(19)15-9-12-21-11-3-2-5-16(21)13-15/h2,5,14-20H,3-4,6-13H2,1H3. The summed E-state index contributed by atoms with van der Waals surface area (Å²) < 4.78 is 0. The minimum absolute atomic E-state index is 0.763. The van der Waals surface area contributed by atoms with Crippen molar-refractivity contribution in [3.8, 4) is 0 Å². The molecule has 0 spiro atoms. The average Bonchev–Trinajstić information content (AvgIpc) is 2.54. The van der Waals surface area contributed by atoms with E-state index in [9.17, 15) is 0 Å². The number of hydrogen-bond acceptors (Lipinski definition) is 2. The van der Waals surface area contributed by atoms with Crippen LogP contribution in [-0.4, -0.2) is 36.6 Å². The van der Waals surface area contributed by atoms with Crippen molar-refractivity contribution in [2.45, 2.75) is 64.0 Å². The highest BCUT2D eigenvalue weighted by molar-refractivity contribution is 5.05. The normalized spacial score (nSPS) is 47.7. The molecule has 0 amide bonds. The van der Waals surface area contributed by atoms with E-state index < -0.39 is 0 Å². The van der Waals surface area contributed by atoms with E-state index in [4.69, 9.17) is 0 Å². The Balaban J connectivity index is 1.47. The summed E-state index contributed by atoms with van der Waals surface area (Å²) in [6.45, 7) is 6.43. The van der Waals surface area contributed by atoms with Gasteiger partial charge in [0, 0.05) is 18.6 Å². The van der Waals surface area contributed by atoms with Crippen molar-refractivity contribution in [2.24, 2.45) is 23.7 Å². The lowest BCUT2D eigenvalue weighted by atomic mass is 9.63. The summed E-state index contributed by atoms with van der Waals surface area (Å²) in [5.41, 5.74) is 0. The van der Waals surface area contributed by atoms with Gasteiger partial charge in [-0.05, 0) is 75.3 Å². The third kappa shape index (κ3) is 2.70. The summed E-state index contributed by atoms with van der Waals surface area (Å²) in [5, 5.41) is 3.94. The fourth-order valence-electron chi connectivity index (χ4n) is 5.86. The van der Waals surface area contributed by atoms with Gasteiger partial charge in [0.05, 0.1) is 0 Å². The predicted molar refractivity (Wildman–Crippen MR) is 88.2 cm³/mol. The summed E-state index contributed by atoms with van der Waals surface area (Å²) in [6, 6.07) is 1.60. The summed E-state index contributed by atoms with van der Waals surface area (Å²) >= 11 is 0. The van der Waals surface area contributed by atoms with Crippen molar-refractivity contribution in [3.05, 3.63) is 12.2 Å². The first-order valence-corrected chi connectivity index (χ1v) is 9.47. The molecule has 1 saturated carbocycles. The van der Waals surface area contributed by atoms with Crippen LogP contribution in [0.1, 0.15) is 51.9 Å². The van der Waals surface area contributed by atoms with E-state index in [0.717, 1.165) is 35.8 Å². The topological polar surface area (TPSA) is 15.3 Å². The van der Waals surface area contributed by atoms with Gasteiger partial charge in [0.25, 0.3) is 0 Å². The molecule has 3 heterocycles. The zero-order chi connectivity index (χ0) is 14.2. The SMILES string of the molecule is CC1CCNC2C1CCCC2C1CCN2CCC=CC2C1. The maximum absolute atomic E-state index is 3.94. The first kappa shape index (κ1) is 14.3. The molecule has 1 N–H and O–H groups in total. The van der Waals surface area contributed by atoms with Crippen molar-refractivity contribution in [1.82, 2.24) is 10.2 Å². The summed E-state index contributed by atoms with van der Waals surface area (Å²) in [4.78, 5) is 2.73. The van der Waals surface area contributed by atoms with E-state index in [1.54, 1.807) is 0 Å². The second kappa shape index (κ2) is 6.04. The van der Waals surface area contributed by atoms with Crippen molar-refractivity contribution in [3.63, 3.8) is 0 Å².